The second kappa shape index (κ2) is 9.84. The number of fused-ring (bicyclic) bond motifs is 1. The predicted octanol–water partition coefficient (Wildman–Crippen LogP) is 1.69. The van der Waals surface area contributed by atoms with E-state index in [0.717, 1.165) is 29.9 Å². The Morgan fingerprint density at radius 1 is 1.00 bits per heavy atom. The fourth-order valence-electron chi connectivity index (χ4n) is 3.09. The SMILES string of the molecule is CN(C)CCn1c(CCNC(=O)CNC(=O)c2ccccc2)nc2ccccc21. The van der Waals surface area contributed by atoms with Gasteiger partial charge in [0.25, 0.3) is 5.91 Å². The first kappa shape index (κ1) is 20.5. The molecule has 0 atom stereocenters. The monoisotopic (exact) mass is 393 g/mol. The summed E-state index contributed by atoms with van der Waals surface area (Å²) in [7, 11) is 4.09. The Kier molecular flexibility index (Phi) is 6.97. The maximum absolute atomic E-state index is 12.1. The minimum atomic E-state index is -0.258. The molecule has 2 amide bonds. The number of hydrogen-bond donors (Lipinski definition) is 2. The molecule has 7 nitrogen and oxygen atoms in total. The van der Waals surface area contributed by atoms with Crippen LogP contribution in [0.3, 0.4) is 0 Å². The van der Waals surface area contributed by atoms with Crippen molar-refractivity contribution in [1.29, 1.82) is 0 Å². The van der Waals surface area contributed by atoms with Crippen molar-refractivity contribution in [2.24, 2.45) is 0 Å². The molecule has 152 valence electrons. The van der Waals surface area contributed by atoms with E-state index in [1.165, 1.54) is 0 Å². The summed E-state index contributed by atoms with van der Waals surface area (Å²) >= 11 is 0. The van der Waals surface area contributed by atoms with Crippen molar-refractivity contribution >= 4 is 22.8 Å². The van der Waals surface area contributed by atoms with E-state index in [4.69, 9.17) is 4.98 Å². The summed E-state index contributed by atoms with van der Waals surface area (Å²) in [5, 5.41) is 5.49. The number of hydrogen-bond acceptors (Lipinski definition) is 4. The average molecular weight is 393 g/mol. The Balaban J connectivity index is 1.53. The topological polar surface area (TPSA) is 79.3 Å². The van der Waals surface area contributed by atoms with Gasteiger partial charge in [-0.15, -0.1) is 0 Å². The van der Waals surface area contributed by atoms with Crippen LogP contribution >= 0.6 is 0 Å². The molecule has 3 aromatic rings. The van der Waals surface area contributed by atoms with Crippen molar-refractivity contribution in [3.63, 3.8) is 0 Å². The number of imidazole rings is 1. The van der Waals surface area contributed by atoms with Gasteiger partial charge in [-0.25, -0.2) is 4.98 Å². The van der Waals surface area contributed by atoms with E-state index in [9.17, 15) is 9.59 Å². The Labute approximate surface area is 170 Å². The van der Waals surface area contributed by atoms with E-state index in [2.05, 4.69) is 26.2 Å². The Morgan fingerprint density at radius 2 is 1.72 bits per heavy atom. The lowest BCUT2D eigenvalue weighted by Gasteiger charge is -2.13. The van der Waals surface area contributed by atoms with Gasteiger partial charge in [-0.3, -0.25) is 9.59 Å². The molecule has 0 aliphatic heterocycles. The molecule has 0 radical (unpaired) electrons. The molecule has 0 fully saturated rings. The van der Waals surface area contributed by atoms with Crippen LogP contribution in [0, 0.1) is 0 Å². The standard InChI is InChI=1S/C22H27N5O2/c1-26(2)14-15-27-19-11-7-6-10-18(19)25-20(27)12-13-23-21(28)16-24-22(29)17-8-4-3-5-9-17/h3-11H,12-16H2,1-2H3,(H,23,28)(H,24,29). The molecule has 1 heterocycles. The Morgan fingerprint density at radius 3 is 2.48 bits per heavy atom. The van der Waals surface area contributed by atoms with Gasteiger partial charge in [0.05, 0.1) is 17.6 Å². The van der Waals surface area contributed by atoms with Crippen LogP contribution in [0.1, 0.15) is 16.2 Å². The van der Waals surface area contributed by atoms with Crippen LogP contribution in [0.4, 0.5) is 0 Å². The van der Waals surface area contributed by atoms with Gasteiger partial charge in [-0.2, -0.15) is 0 Å². The van der Waals surface area contributed by atoms with Gasteiger partial charge in [0.2, 0.25) is 5.91 Å². The van der Waals surface area contributed by atoms with Crippen LogP contribution in [-0.4, -0.2) is 60.0 Å². The molecule has 0 unspecified atom stereocenters. The highest BCUT2D eigenvalue weighted by Crippen LogP contribution is 2.16. The lowest BCUT2D eigenvalue weighted by Crippen LogP contribution is -2.37. The summed E-state index contributed by atoms with van der Waals surface area (Å²) in [5.41, 5.74) is 2.60. The second-order valence-electron chi connectivity index (χ2n) is 7.12. The molecule has 0 saturated heterocycles. The first-order chi connectivity index (χ1) is 14.0. The molecule has 0 bridgehead atoms. The number of carbonyl (C=O) groups is 2. The van der Waals surface area contributed by atoms with E-state index in [0.29, 0.717) is 18.5 Å². The van der Waals surface area contributed by atoms with Crippen LogP contribution < -0.4 is 10.6 Å². The number of nitrogens with one attached hydrogen (secondary N) is 2. The predicted molar refractivity (Wildman–Crippen MR) is 114 cm³/mol. The molecule has 7 heteroatoms. The second-order valence-corrected chi connectivity index (χ2v) is 7.12. The number of carbonyl (C=O) groups excluding carboxylic acids is 2. The van der Waals surface area contributed by atoms with E-state index in [-0.39, 0.29) is 18.4 Å². The minimum Gasteiger partial charge on any atom is -0.354 e. The van der Waals surface area contributed by atoms with Crippen molar-refractivity contribution in [3.05, 3.63) is 66.0 Å². The lowest BCUT2D eigenvalue weighted by atomic mass is 10.2. The number of amides is 2. The van der Waals surface area contributed by atoms with Crippen LogP contribution in [0.2, 0.25) is 0 Å². The van der Waals surface area contributed by atoms with Gasteiger partial charge >= 0.3 is 0 Å². The molecule has 0 aliphatic rings. The van der Waals surface area contributed by atoms with Gasteiger partial charge in [-0.1, -0.05) is 30.3 Å². The van der Waals surface area contributed by atoms with E-state index in [1.807, 2.05) is 38.4 Å². The third-order valence-electron chi connectivity index (χ3n) is 4.62. The first-order valence-corrected chi connectivity index (χ1v) is 9.73. The van der Waals surface area contributed by atoms with Gasteiger partial charge in [0.15, 0.2) is 0 Å². The molecule has 2 N–H and O–H groups in total. The Hall–Kier alpha value is -3.19. The quantitative estimate of drug-likeness (QED) is 0.580. The zero-order chi connectivity index (χ0) is 20.6. The number of rotatable bonds is 9. The van der Waals surface area contributed by atoms with Crippen molar-refractivity contribution < 1.29 is 9.59 Å². The van der Waals surface area contributed by atoms with E-state index in [1.54, 1.807) is 24.3 Å². The van der Waals surface area contributed by atoms with Crippen LogP contribution in [-0.2, 0) is 17.8 Å². The zero-order valence-electron chi connectivity index (χ0n) is 16.9. The fourth-order valence-corrected chi connectivity index (χ4v) is 3.09. The smallest absolute Gasteiger partial charge is 0.251 e. The number of aromatic nitrogens is 2. The van der Waals surface area contributed by atoms with E-state index >= 15 is 0 Å². The largest absolute Gasteiger partial charge is 0.354 e. The molecule has 0 aliphatic carbocycles. The maximum atomic E-state index is 12.1. The molecule has 2 aromatic carbocycles. The summed E-state index contributed by atoms with van der Waals surface area (Å²) in [5.74, 6) is 0.470. The summed E-state index contributed by atoms with van der Waals surface area (Å²) in [6.07, 6.45) is 0.625. The van der Waals surface area contributed by atoms with Crippen molar-refractivity contribution in [2.75, 3.05) is 33.7 Å². The molecule has 0 spiro atoms. The lowest BCUT2D eigenvalue weighted by molar-refractivity contribution is -0.120. The van der Waals surface area contributed by atoms with Gasteiger partial charge in [0.1, 0.15) is 5.82 Å². The third kappa shape index (κ3) is 5.65. The molecule has 0 saturated carbocycles. The molecule has 29 heavy (non-hydrogen) atoms. The molecule has 3 rings (SSSR count). The minimum absolute atomic E-state index is 0.0508. The van der Waals surface area contributed by atoms with Crippen molar-refractivity contribution in [1.82, 2.24) is 25.1 Å². The maximum Gasteiger partial charge on any atom is 0.251 e. The molecular weight excluding hydrogens is 366 g/mol. The average Bonchev–Trinajstić information content (AvgIpc) is 3.08. The normalized spacial score (nSPS) is 11.0. The fraction of sp³-hybridized carbons (Fsp3) is 0.318. The number of likely N-dealkylation sites (N-methyl/N-ethyl adjacent to an activating group) is 1. The number of benzene rings is 2. The van der Waals surface area contributed by atoms with Crippen LogP contribution in [0.5, 0.6) is 0 Å². The Bertz CT molecular complexity index is 966. The summed E-state index contributed by atoms with van der Waals surface area (Å²) < 4.78 is 2.21. The third-order valence-corrected chi connectivity index (χ3v) is 4.62. The van der Waals surface area contributed by atoms with Crippen molar-refractivity contribution in [2.45, 2.75) is 13.0 Å². The highest BCUT2D eigenvalue weighted by Gasteiger charge is 2.12. The van der Waals surface area contributed by atoms with Crippen LogP contribution in [0.25, 0.3) is 11.0 Å². The van der Waals surface area contributed by atoms with Crippen LogP contribution in [0.15, 0.2) is 54.6 Å². The number of nitrogens with zero attached hydrogens (tertiary/aromatic N) is 3. The van der Waals surface area contributed by atoms with Gasteiger partial charge in [-0.05, 0) is 38.4 Å². The number of para-hydroxylation sites is 2. The molecule has 1 aromatic heterocycles. The summed E-state index contributed by atoms with van der Waals surface area (Å²) in [6, 6.07) is 16.9. The van der Waals surface area contributed by atoms with Gasteiger partial charge in [0, 0.05) is 31.6 Å². The van der Waals surface area contributed by atoms with E-state index < -0.39 is 0 Å². The van der Waals surface area contributed by atoms with Crippen molar-refractivity contribution in [3.8, 4) is 0 Å². The zero-order valence-corrected chi connectivity index (χ0v) is 16.9. The highest BCUT2D eigenvalue weighted by atomic mass is 16.2. The summed E-state index contributed by atoms with van der Waals surface area (Å²) in [6.45, 7) is 2.16. The first-order valence-electron chi connectivity index (χ1n) is 9.73. The molecular formula is C22H27N5O2. The summed E-state index contributed by atoms with van der Waals surface area (Å²) in [4.78, 5) is 30.9. The van der Waals surface area contributed by atoms with Gasteiger partial charge < -0.3 is 20.1 Å². The highest BCUT2D eigenvalue weighted by molar-refractivity contribution is 5.96.